The molecule has 0 saturated heterocycles. The fraction of sp³-hybridized carbons (Fsp3) is 0.600. The van der Waals surface area contributed by atoms with Gasteiger partial charge in [-0.3, -0.25) is 0 Å². The number of nitrogens with zero attached hydrogens (tertiary/aromatic N) is 2. The molecule has 0 amide bonds. The second-order valence-electron chi connectivity index (χ2n) is 3.99. The van der Waals surface area contributed by atoms with Crippen LogP contribution in [-0.2, 0) is 22.9 Å². The molecule has 1 atom stereocenters. The molecule has 0 aliphatic carbocycles. The third-order valence-electron chi connectivity index (χ3n) is 2.90. The number of sulfone groups is 1. The van der Waals surface area contributed by atoms with E-state index in [4.69, 9.17) is 0 Å². The summed E-state index contributed by atoms with van der Waals surface area (Å²) in [6.45, 7) is 4.88. The lowest BCUT2D eigenvalue weighted by Gasteiger charge is -2.09. The fourth-order valence-electron chi connectivity index (χ4n) is 1.58. The molecule has 1 aliphatic heterocycles. The van der Waals surface area contributed by atoms with Crippen LogP contribution in [0.3, 0.4) is 0 Å². The van der Waals surface area contributed by atoms with Gasteiger partial charge in [0.15, 0.2) is 0 Å². The Morgan fingerprint density at radius 1 is 1.50 bits per heavy atom. The van der Waals surface area contributed by atoms with Crippen LogP contribution in [0.5, 0.6) is 0 Å². The van der Waals surface area contributed by atoms with Crippen molar-refractivity contribution in [2.24, 2.45) is 0 Å². The number of rotatable bonds is 3. The van der Waals surface area contributed by atoms with Crippen molar-refractivity contribution in [1.82, 2.24) is 15.3 Å². The molecule has 0 aromatic carbocycles. The van der Waals surface area contributed by atoms with E-state index in [2.05, 4.69) is 15.3 Å². The van der Waals surface area contributed by atoms with E-state index in [1.807, 2.05) is 6.92 Å². The first kappa shape index (κ1) is 11.5. The SMILES string of the molecule is CCC(C)S(=O)(=O)c1ncc2c(n1)CNC2. The van der Waals surface area contributed by atoms with E-state index in [0.29, 0.717) is 13.0 Å². The molecule has 0 spiro atoms. The average molecular weight is 241 g/mol. The van der Waals surface area contributed by atoms with E-state index in [-0.39, 0.29) is 5.16 Å². The minimum Gasteiger partial charge on any atom is -0.307 e. The summed E-state index contributed by atoms with van der Waals surface area (Å²) in [6, 6.07) is 0. The van der Waals surface area contributed by atoms with Gasteiger partial charge in [0.25, 0.3) is 0 Å². The smallest absolute Gasteiger partial charge is 0.247 e. The van der Waals surface area contributed by atoms with E-state index in [1.165, 1.54) is 0 Å². The highest BCUT2D eigenvalue weighted by Gasteiger charge is 2.26. The normalized spacial score (nSPS) is 17.1. The molecule has 16 heavy (non-hydrogen) atoms. The summed E-state index contributed by atoms with van der Waals surface area (Å²) in [7, 11) is -3.36. The Morgan fingerprint density at radius 3 is 2.94 bits per heavy atom. The molecule has 1 aromatic rings. The van der Waals surface area contributed by atoms with Crippen LogP contribution in [0.1, 0.15) is 31.5 Å². The van der Waals surface area contributed by atoms with Gasteiger partial charge < -0.3 is 5.32 Å². The van der Waals surface area contributed by atoms with E-state index in [1.54, 1.807) is 13.1 Å². The van der Waals surface area contributed by atoms with Gasteiger partial charge in [0, 0.05) is 24.8 Å². The average Bonchev–Trinajstić information content (AvgIpc) is 2.74. The Labute approximate surface area is 95.2 Å². The van der Waals surface area contributed by atoms with Crippen LogP contribution in [-0.4, -0.2) is 23.6 Å². The van der Waals surface area contributed by atoms with E-state index >= 15 is 0 Å². The van der Waals surface area contributed by atoms with Gasteiger partial charge in [-0.25, -0.2) is 18.4 Å². The molecule has 1 N–H and O–H groups in total. The summed E-state index contributed by atoms with van der Waals surface area (Å²) < 4.78 is 24.0. The molecule has 0 fully saturated rings. The largest absolute Gasteiger partial charge is 0.307 e. The van der Waals surface area contributed by atoms with Gasteiger partial charge in [0.05, 0.1) is 10.9 Å². The highest BCUT2D eigenvalue weighted by atomic mass is 32.2. The number of fused-ring (bicyclic) bond motifs is 1. The summed E-state index contributed by atoms with van der Waals surface area (Å²) in [5, 5.41) is 2.64. The molecule has 1 aliphatic rings. The van der Waals surface area contributed by atoms with Gasteiger partial charge in [-0.2, -0.15) is 0 Å². The number of nitrogens with one attached hydrogen (secondary N) is 1. The third kappa shape index (κ3) is 1.82. The first-order chi connectivity index (χ1) is 7.55. The third-order valence-corrected chi connectivity index (χ3v) is 5.00. The van der Waals surface area contributed by atoms with Gasteiger partial charge in [-0.1, -0.05) is 6.92 Å². The molecule has 0 radical (unpaired) electrons. The molecule has 2 rings (SSSR count). The molecule has 1 unspecified atom stereocenters. The monoisotopic (exact) mass is 241 g/mol. The molecule has 1 aromatic heterocycles. The van der Waals surface area contributed by atoms with Crippen molar-refractivity contribution < 1.29 is 8.42 Å². The number of aromatic nitrogens is 2. The first-order valence-corrected chi connectivity index (χ1v) is 6.89. The van der Waals surface area contributed by atoms with Crippen molar-refractivity contribution in [2.75, 3.05) is 0 Å². The van der Waals surface area contributed by atoms with Crippen molar-refractivity contribution >= 4 is 9.84 Å². The van der Waals surface area contributed by atoms with Crippen molar-refractivity contribution in [1.29, 1.82) is 0 Å². The highest BCUT2D eigenvalue weighted by molar-refractivity contribution is 7.91. The zero-order valence-electron chi connectivity index (χ0n) is 9.40. The maximum atomic E-state index is 12.0. The molecule has 5 nitrogen and oxygen atoms in total. The van der Waals surface area contributed by atoms with E-state index in [9.17, 15) is 8.42 Å². The van der Waals surface area contributed by atoms with Gasteiger partial charge in [-0.15, -0.1) is 0 Å². The minimum atomic E-state index is -3.36. The summed E-state index contributed by atoms with van der Waals surface area (Å²) in [4.78, 5) is 8.08. The van der Waals surface area contributed by atoms with Crippen LogP contribution in [0.15, 0.2) is 11.4 Å². The lowest BCUT2D eigenvalue weighted by Crippen LogP contribution is -2.20. The van der Waals surface area contributed by atoms with Crippen LogP contribution in [0.2, 0.25) is 0 Å². The number of hydrogen-bond donors (Lipinski definition) is 1. The van der Waals surface area contributed by atoms with Crippen molar-refractivity contribution in [3.8, 4) is 0 Å². The van der Waals surface area contributed by atoms with E-state index < -0.39 is 15.1 Å². The molecule has 2 heterocycles. The minimum absolute atomic E-state index is 0.0377. The predicted octanol–water partition coefficient (Wildman–Crippen LogP) is 0.652. The first-order valence-electron chi connectivity index (χ1n) is 5.35. The Morgan fingerprint density at radius 2 is 2.25 bits per heavy atom. The summed E-state index contributed by atoms with van der Waals surface area (Å²) in [6.07, 6.45) is 2.18. The second kappa shape index (κ2) is 4.10. The Kier molecular flexibility index (Phi) is 2.94. The van der Waals surface area contributed by atoms with Crippen LogP contribution >= 0.6 is 0 Å². The summed E-state index contributed by atoms with van der Waals surface area (Å²) in [5.41, 5.74) is 1.79. The standard InChI is InChI=1S/C10H15N3O2S/c1-3-7(2)16(14,15)10-12-5-8-4-11-6-9(8)13-10/h5,7,11H,3-4,6H2,1-2H3. The van der Waals surface area contributed by atoms with Crippen molar-refractivity contribution in [3.05, 3.63) is 17.5 Å². The van der Waals surface area contributed by atoms with Gasteiger partial charge in [0.1, 0.15) is 0 Å². The molecule has 0 saturated carbocycles. The Bertz CT molecular complexity index is 499. The fourth-order valence-corrected chi connectivity index (χ4v) is 2.81. The Hall–Kier alpha value is -1.01. The highest BCUT2D eigenvalue weighted by Crippen LogP contribution is 2.17. The van der Waals surface area contributed by atoms with E-state index in [0.717, 1.165) is 17.8 Å². The van der Waals surface area contributed by atoms with Gasteiger partial charge in [0.2, 0.25) is 15.0 Å². The lowest BCUT2D eigenvalue weighted by atomic mass is 10.3. The zero-order chi connectivity index (χ0) is 11.8. The number of hydrogen-bond acceptors (Lipinski definition) is 5. The predicted molar refractivity (Wildman–Crippen MR) is 59.5 cm³/mol. The van der Waals surface area contributed by atoms with Gasteiger partial charge in [-0.05, 0) is 13.3 Å². The Balaban J connectivity index is 2.42. The topological polar surface area (TPSA) is 72.0 Å². The summed E-state index contributed by atoms with van der Waals surface area (Å²) >= 11 is 0. The molecular formula is C10H15N3O2S. The molecule has 0 bridgehead atoms. The second-order valence-corrected chi connectivity index (χ2v) is 6.25. The van der Waals surface area contributed by atoms with Crippen molar-refractivity contribution in [3.63, 3.8) is 0 Å². The maximum absolute atomic E-state index is 12.0. The van der Waals surface area contributed by atoms with Crippen molar-refractivity contribution in [2.45, 2.75) is 43.8 Å². The van der Waals surface area contributed by atoms with Crippen LogP contribution < -0.4 is 5.32 Å². The summed E-state index contributed by atoms with van der Waals surface area (Å²) in [5.74, 6) is 0. The zero-order valence-corrected chi connectivity index (χ0v) is 10.2. The molecule has 88 valence electrons. The van der Waals surface area contributed by atoms with Crippen LogP contribution in [0.25, 0.3) is 0 Å². The van der Waals surface area contributed by atoms with Crippen LogP contribution in [0, 0.1) is 0 Å². The molecule has 6 heteroatoms. The maximum Gasteiger partial charge on any atom is 0.247 e. The van der Waals surface area contributed by atoms with Crippen LogP contribution in [0.4, 0.5) is 0 Å². The lowest BCUT2D eigenvalue weighted by molar-refractivity contribution is 0.570. The molecular weight excluding hydrogens is 226 g/mol. The van der Waals surface area contributed by atoms with Gasteiger partial charge >= 0.3 is 0 Å². The quantitative estimate of drug-likeness (QED) is 0.787.